The first-order valence-electron chi connectivity index (χ1n) is 8.89. The molecule has 0 spiro atoms. The molecule has 1 atom stereocenters. The molecule has 0 fully saturated rings. The number of nitrogens with two attached hydrogens (primary N) is 1. The number of rotatable bonds is 13. The van der Waals surface area contributed by atoms with Gasteiger partial charge in [0, 0.05) is 13.0 Å². The maximum Gasteiger partial charge on any atom is 0.240 e. The normalized spacial score (nSPS) is 11.7. The Morgan fingerprint density at radius 3 is 2.56 bits per heavy atom. The van der Waals surface area contributed by atoms with E-state index in [1.54, 1.807) is 11.3 Å². The van der Waals surface area contributed by atoms with Crippen LogP contribution in [-0.4, -0.2) is 30.3 Å². The monoisotopic (exact) mass is 367 g/mol. The summed E-state index contributed by atoms with van der Waals surface area (Å²) in [5.74, 6) is -1.21. The Balaban J connectivity index is 2.26. The molecule has 140 valence electrons. The number of primary amides is 1. The van der Waals surface area contributed by atoms with E-state index in [0.29, 0.717) is 13.0 Å². The van der Waals surface area contributed by atoms with Crippen LogP contribution in [0.2, 0.25) is 0 Å². The first-order valence-corrected chi connectivity index (χ1v) is 9.83. The van der Waals surface area contributed by atoms with Gasteiger partial charge < -0.3 is 16.4 Å². The highest BCUT2D eigenvalue weighted by Crippen LogP contribution is 2.06. The molecule has 0 aliphatic rings. The number of nitrogens with one attached hydrogen (secondary N) is 2. The molecule has 0 saturated heterocycles. The van der Waals surface area contributed by atoms with Crippen molar-refractivity contribution in [3.63, 3.8) is 0 Å². The van der Waals surface area contributed by atoms with Gasteiger partial charge in [0.05, 0.1) is 6.42 Å². The molecular weight excluding hydrogens is 338 g/mol. The smallest absolute Gasteiger partial charge is 0.240 e. The molecule has 0 aromatic carbocycles. The molecule has 1 aromatic rings. The largest absolute Gasteiger partial charge is 0.368 e. The summed E-state index contributed by atoms with van der Waals surface area (Å²) in [7, 11) is 0. The van der Waals surface area contributed by atoms with Gasteiger partial charge in [0.25, 0.3) is 0 Å². The molecule has 0 aliphatic carbocycles. The van der Waals surface area contributed by atoms with Crippen LogP contribution in [0.5, 0.6) is 0 Å². The first-order chi connectivity index (χ1) is 12.0. The molecule has 1 heterocycles. The second kappa shape index (κ2) is 12.5. The minimum absolute atomic E-state index is 0.124. The van der Waals surface area contributed by atoms with E-state index in [2.05, 4.69) is 17.6 Å². The summed E-state index contributed by atoms with van der Waals surface area (Å²) in [6.07, 6.45) is 6.16. The van der Waals surface area contributed by atoms with Crippen molar-refractivity contribution >= 4 is 29.1 Å². The van der Waals surface area contributed by atoms with Gasteiger partial charge in [-0.25, -0.2) is 0 Å². The number of thiophene rings is 1. The summed E-state index contributed by atoms with van der Waals surface area (Å²) in [5.41, 5.74) is 6.46. The molecule has 7 heteroatoms. The molecule has 0 aliphatic heterocycles. The lowest BCUT2D eigenvalue weighted by Crippen LogP contribution is -2.47. The Bertz CT molecular complexity index is 532. The van der Waals surface area contributed by atoms with Crippen LogP contribution in [0.15, 0.2) is 16.8 Å². The standard InChI is InChI=1S/C18H29N3O3S/c1-2-3-4-5-6-7-16(22)21-15(18(19)24)12-17(23)20-10-8-14-9-11-25-13-14/h9,11,13,15H,2-8,10,12H2,1H3,(H2,19,24)(H,20,23)(H,21,22). The van der Waals surface area contributed by atoms with Crippen LogP contribution >= 0.6 is 11.3 Å². The Hall–Kier alpha value is -1.89. The Morgan fingerprint density at radius 1 is 1.16 bits per heavy atom. The maximum atomic E-state index is 11.9. The van der Waals surface area contributed by atoms with Crippen molar-refractivity contribution < 1.29 is 14.4 Å². The molecular formula is C18H29N3O3S. The van der Waals surface area contributed by atoms with Crippen LogP contribution in [0.25, 0.3) is 0 Å². The molecule has 0 saturated carbocycles. The molecule has 25 heavy (non-hydrogen) atoms. The highest BCUT2D eigenvalue weighted by atomic mass is 32.1. The van der Waals surface area contributed by atoms with Crippen molar-refractivity contribution in [2.24, 2.45) is 5.73 Å². The number of hydrogen-bond donors (Lipinski definition) is 3. The van der Waals surface area contributed by atoms with Gasteiger partial charge >= 0.3 is 0 Å². The van der Waals surface area contributed by atoms with E-state index >= 15 is 0 Å². The Labute approximate surface area is 153 Å². The minimum atomic E-state index is -0.954. The average Bonchev–Trinajstić information content (AvgIpc) is 3.07. The highest BCUT2D eigenvalue weighted by Gasteiger charge is 2.21. The SMILES string of the molecule is CCCCCCCC(=O)NC(CC(=O)NCCc1ccsc1)C(N)=O. The predicted molar refractivity (Wildman–Crippen MR) is 100 cm³/mol. The number of carbonyl (C=O) groups excluding carboxylic acids is 3. The molecule has 1 rings (SSSR count). The lowest BCUT2D eigenvalue weighted by atomic mass is 10.1. The fourth-order valence-electron chi connectivity index (χ4n) is 2.42. The highest BCUT2D eigenvalue weighted by molar-refractivity contribution is 7.07. The van der Waals surface area contributed by atoms with Gasteiger partial charge in [-0.2, -0.15) is 11.3 Å². The van der Waals surface area contributed by atoms with E-state index in [9.17, 15) is 14.4 Å². The van der Waals surface area contributed by atoms with Crippen molar-refractivity contribution in [3.05, 3.63) is 22.4 Å². The molecule has 0 bridgehead atoms. The van der Waals surface area contributed by atoms with E-state index < -0.39 is 11.9 Å². The molecule has 1 aromatic heterocycles. The van der Waals surface area contributed by atoms with E-state index in [4.69, 9.17) is 5.73 Å². The maximum absolute atomic E-state index is 11.9. The summed E-state index contributed by atoms with van der Waals surface area (Å²) in [5, 5.41) is 9.33. The zero-order valence-electron chi connectivity index (χ0n) is 14.9. The van der Waals surface area contributed by atoms with Crippen LogP contribution in [0.4, 0.5) is 0 Å². The van der Waals surface area contributed by atoms with Crippen LogP contribution in [0.1, 0.15) is 57.4 Å². The zero-order chi connectivity index (χ0) is 18.5. The third-order valence-electron chi connectivity index (χ3n) is 3.89. The van der Waals surface area contributed by atoms with Crippen LogP contribution in [-0.2, 0) is 20.8 Å². The zero-order valence-corrected chi connectivity index (χ0v) is 15.7. The molecule has 6 nitrogen and oxygen atoms in total. The van der Waals surface area contributed by atoms with Gasteiger partial charge in [-0.3, -0.25) is 14.4 Å². The Kier molecular flexibility index (Phi) is 10.6. The lowest BCUT2D eigenvalue weighted by molar-refractivity contribution is -0.130. The van der Waals surface area contributed by atoms with Crippen LogP contribution < -0.4 is 16.4 Å². The van der Waals surface area contributed by atoms with Crippen molar-refractivity contribution in [1.82, 2.24) is 10.6 Å². The van der Waals surface area contributed by atoms with Crippen molar-refractivity contribution in [2.75, 3.05) is 6.54 Å². The molecule has 1 unspecified atom stereocenters. The number of unbranched alkanes of at least 4 members (excludes halogenated alkanes) is 4. The second-order valence-electron chi connectivity index (χ2n) is 6.12. The fraction of sp³-hybridized carbons (Fsp3) is 0.611. The summed E-state index contributed by atoms with van der Waals surface area (Å²) >= 11 is 1.61. The molecule has 3 amide bonds. The predicted octanol–water partition coefficient (Wildman–Crippen LogP) is 2.13. The van der Waals surface area contributed by atoms with E-state index in [1.165, 1.54) is 0 Å². The third kappa shape index (κ3) is 9.86. The van der Waals surface area contributed by atoms with Crippen LogP contribution in [0, 0.1) is 0 Å². The quantitative estimate of drug-likeness (QED) is 0.465. The van der Waals surface area contributed by atoms with E-state index in [1.807, 2.05) is 16.8 Å². The summed E-state index contributed by atoms with van der Waals surface area (Å²) in [6, 6.07) is 1.05. The van der Waals surface area contributed by atoms with Gasteiger partial charge in [0.2, 0.25) is 17.7 Å². The van der Waals surface area contributed by atoms with Gasteiger partial charge in [0.1, 0.15) is 6.04 Å². The van der Waals surface area contributed by atoms with Gasteiger partial charge in [-0.15, -0.1) is 0 Å². The minimum Gasteiger partial charge on any atom is -0.368 e. The first kappa shape index (κ1) is 21.2. The second-order valence-corrected chi connectivity index (χ2v) is 6.90. The van der Waals surface area contributed by atoms with Crippen molar-refractivity contribution in [2.45, 2.75) is 64.3 Å². The Morgan fingerprint density at radius 2 is 1.92 bits per heavy atom. The third-order valence-corrected chi connectivity index (χ3v) is 4.62. The summed E-state index contributed by atoms with van der Waals surface area (Å²) in [6.45, 7) is 2.63. The summed E-state index contributed by atoms with van der Waals surface area (Å²) < 4.78 is 0. The lowest BCUT2D eigenvalue weighted by Gasteiger charge is -2.15. The van der Waals surface area contributed by atoms with E-state index in [0.717, 1.165) is 44.1 Å². The van der Waals surface area contributed by atoms with Crippen LogP contribution in [0.3, 0.4) is 0 Å². The molecule has 4 N–H and O–H groups in total. The van der Waals surface area contributed by atoms with Gasteiger partial charge in [-0.1, -0.05) is 32.6 Å². The van der Waals surface area contributed by atoms with Crippen molar-refractivity contribution in [3.8, 4) is 0 Å². The van der Waals surface area contributed by atoms with Crippen molar-refractivity contribution in [1.29, 1.82) is 0 Å². The number of amides is 3. The van der Waals surface area contributed by atoms with Gasteiger partial charge in [-0.05, 0) is 35.2 Å². The topological polar surface area (TPSA) is 101 Å². The number of hydrogen-bond acceptors (Lipinski definition) is 4. The average molecular weight is 368 g/mol. The molecule has 0 radical (unpaired) electrons. The van der Waals surface area contributed by atoms with E-state index in [-0.39, 0.29) is 18.2 Å². The summed E-state index contributed by atoms with van der Waals surface area (Å²) in [4.78, 5) is 35.3. The van der Waals surface area contributed by atoms with Gasteiger partial charge in [0.15, 0.2) is 0 Å². The fourth-order valence-corrected chi connectivity index (χ4v) is 3.12. The number of carbonyl (C=O) groups is 3.